The molecule has 6 heteroatoms. The number of aryl methyl sites for hydroxylation is 1. The summed E-state index contributed by atoms with van der Waals surface area (Å²) in [6, 6.07) is 19.0. The van der Waals surface area contributed by atoms with Crippen molar-refractivity contribution in [1.82, 2.24) is 9.97 Å². The lowest BCUT2D eigenvalue weighted by Crippen LogP contribution is -2.22. The summed E-state index contributed by atoms with van der Waals surface area (Å²) in [6.45, 7) is 2.71. The van der Waals surface area contributed by atoms with Gasteiger partial charge in [0.2, 0.25) is 0 Å². The third-order valence-electron chi connectivity index (χ3n) is 4.00. The van der Waals surface area contributed by atoms with Gasteiger partial charge in [-0.3, -0.25) is 0 Å². The SMILES string of the molecule is Cc1cc(N(C)Cc2ccccc2)nc(SCc2cccc(C(=O)[O-])c2)n1. The van der Waals surface area contributed by atoms with Gasteiger partial charge in [-0.2, -0.15) is 0 Å². The predicted octanol–water partition coefficient (Wildman–Crippen LogP) is 3.08. The van der Waals surface area contributed by atoms with Gasteiger partial charge in [0.1, 0.15) is 5.82 Å². The number of thioether (sulfide) groups is 1. The van der Waals surface area contributed by atoms with Gasteiger partial charge in [0.15, 0.2) is 5.16 Å². The largest absolute Gasteiger partial charge is 0.545 e. The fourth-order valence-corrected chi connectivity index (χ4v) is 3.50. The maximum absolute atomic E-state index is 11.0. The molecule has 5 nitrogen and oxygen atoms in total. The quantitative estimate of drug-likeness (QED) is 0.465. The lowest BCUT2D eigenvalue weighted by molar-refractivity contribution is -0.255. The summed E-state index contributed by atoms with van der Waals surface area (Å²) in [7, 11) is 2.01. The van der Waals surface area contributed by atoms with E-state index in [-0.39, 0.29) is 5.56 Å². The molecule has 3 aromatic rings. The Hall–Kier alpha value is -2.86. The number of anilines is 1. The second kappa shape index (κ2) is 8.68. The molecule has 2 aromatic carbocycles. The number of carboxylic acids is 1. The molecular weight excluding hydrogens is 358 g/mol. The molecular formula is C21H20N3O2S-. The highest BCUT2D eigenvalue weighted by atomic mass is 32.2. The Labute approximate surface area is 163 Å². The first-order valence-electron chi connectivity index (χ1n) is 8.55. The Bertz CT molecular complexity index is 932. The van der Waals surface area contributed by atoms with Gasteiger partial charge in [-0.1, -0.05) is 60.3 Å². The number of hydrogen-bond donors (Lipinski definition) is 0. The number of carbonyl (C=O) groups excluding carboxylic acids is 1. The van der Waals surface area contributed by atoms with Crippen LogP contribution < -0.4 is 10.0 Å². The van der Waals surface area contributed by atoms with Crippen LogP contribution in [0.2, 0.25) is 0 Å². The van der Waals surface area contributed by atoms with Crippen molar-refractivity contribution in [2.45, 2.75) is 24.4 Å². The lowest BCUT2D eigenvalue weighted by atomic mass is 10.1. The Balaban J connectivity index is 1.71. The molecule has 0 aliphatic heterocycles. The van der Waals surface area contributed by atoms with Crippen molar-refractivity contribution >= 4 is 23.5 Å². The van der Waals surface area contributed by atoms with Crippen LogP contribution in [-0.4, -0.2) is 23.0 Å². The Morgan fingerprint density at radius 2 is 1.78 bits per heavy atom. The van der Waals surface area contributed by atoms with Crippen molar-refractivity contribution < 1.29 is 9.90 Å². The van der Waals surface area contributed by atoms with Crippen molar-refractivity contribution in [3.63, 3.8) is 0 Å². The van der Waals surface area contributed by atoms with Gasteiger partial charge >= 0.3 is 0 Å². The molecule has 0 atom stereocenters. The van der Waals surface area contributed by atoms with E-state index < -0.39 is 5.97 Å². The fraction of sp³-hybridized carbons (Fsp3) is 0.190. The molecule has 1 heterocycles. The van der Waals surface area contributed by atoms with Crippen molar-refractivity contribution in [1.29, 1.82) is 0 Å². The van der Waals surface area contributed by atoms with E-state index in [0.717, 1.165) is 23.6 Å². The Kier molecular flexibility index (Phi) is 6.08. The smallest absolute Gasteiger partial charge is 0.190 e. The van der Waals surface area contributed by atoms with Crippen LogP contribution in [0.1, 0.15) is 27.2 Å². The van der Waals surface area contributed by atoms with Gasteiger partial charge < -0.3 is 14.8 Å². The van der Waals surface area contributed by atoms with Crippen LogP contribution in [0.15, 0.2) is 65.8 Å². The minimum absolute atomic E-state index is 0.182. The highest BCUT2D eigenvalue weighted by Gasteiger charge is 2.09. The van der Waals surface area contributed by atoms with Crippen molar-refractivity contribution in [2.24, 2.45) is 0 Å². The standard InChI is InChI=1S/C21H21N3O2S/c1-15-11-19(24(2)13-16-7-4-3-5-8-16)23-21(22-15)27-14-17-9-6-10-18(12-17)20(25)26/h3-12H,13-14H2,1-2H3,(H,25,26)/p-1. The third-order valence-corrected chi connectivity index (χ3v) is 4.92. The number of nitrogens with zero attached hydrogens (tertiary/aromatic N) is 3. The van der Waals surface area contributed by atoms with Crippen LogP contribution in [0.25, 0.3) is 0 Å². The molecule has 0 aliphatic rings. The zero-order chi connectivity index (χ0) is 19.2. The van der Waals surface area contributed by atoms with Gasteiger partial charge in [-0.25, -0.2) is 9.97 Å². The molecule has 1 aromatic heterocycles. The Morgan fingerprint density at radius 3 is 2.52 bits per heavy atom. The number of benzene rings is 2. The van der Waals surface area contributed by atoms with Gasteiger partial charge in [-0.15, -0.1) is 0 Å². The highest BCUT2D eigenvalue weighted by molar-refractivity contribution is 7.98. The molecule has 138 valence electrons. The number of carbonyl (C=O) groups is 1. The normalized spacial score (nSPS) is 10.6. The zero-order valence-electron chi connectivity index (χ0n) is 15.3. The average Bonchev–Trinajstić information content (AvgIpc) is 2.67. The van der Waals surface area contributed by atoms with Crippen molar-refractivity contribution in [3.8, 4) is 0 Å². The fourth-order valence-electron chi connectivity index (χ4n) is 2.66. The van der Waals surface area contributed by atoms with Crippen LogP contribution in [0.4, 0.5) is 5.82 Å². The van der Waals surface area contributed by atoms with Crippen LogP contribution in [0.3, 0.4) is 0 Å². The first kappa shape index (κ1) is 18.9. The van der Waals surface area contributed by atoms with Gasteiger partial charge in [0, 0.05) is 31.1 Å². The van der Waals surface area contributed by atoms with E-state index in [1.165, 1.54) is 23.4 Å². The second-order valence-corrected chi connectivity index (χ2v) is 7.21. The number of carboxylic acid groups (broad SMARTS) is 1. The van der Waals surface area contributed by atoms with Crippen LogP contribution >= 0.6 is 11.8 Å². The number of aromatic carboxylic acids is 1. The topological polar surface area (TPSA) is 69.2 Å². The number of hydrogen-bond acceptors (Lipinski definition) is 6. The minimum Gasteiger partial charge on any atom is -0.545 e. The van der Waals surface area contributed by atoms with Crippen LogP contribution in [0, 0.1) is 6.92 Å². The number of aromatic nitrogens is 2. The van der Waals surface area contributed by atoms with E-state index >= 15 is 0 Å². The highest BCUT2D eigenvalue weighted by Crippen LogP contribution is 2.23. The average molecular weight is 378 g/mol. The molecule has 27 heavy (non-hydrogen) atoms. The monoisotopic (exact) mass is 378 g/mol. The molecule has 0 fully saturated rings. The summed E-state index contributed by atoms with van der Waals surface area (Å²) in [4.78, 5) is 22.2. The van der Waals surface area contributed by atoms with Crippen molar-refractivity contribution in [3.05, 3.63) is 83.0 Å². The van der Waals surface area contributed by atoms with E-state index in [1.54, 1.807) is 12.1 Å². The summed E-state index contributed by atoms with van der Waals surface area (Å²) >= 11 is 1.48. The van der Waals surface area contributed by atoms with E-state index in [4.69, 9.17) is 0 Å². The molecule has 0 unspecified atom stereocenters. The first-order chi connectivity index (χ1) is 13.0. The van der Waals surface area contributed by atoms with E-state index in [2.05, 4.69) is 27.0 Å². The molecule has 0 amide bonds. The lowest BCUT2D eigenvalue weighted by Gasteiger charge is -2.19. The van der Waals surface area contributed by atoms with Crippen LogP contribution in [-0.2, 0) is 12.3 Å². The summed E-state index contributed by atoms with van der Waals surface area (Å²) in [5.41, 5.74) is 3.18. The molecule has 0 radical (unpaired) electrons. The third kappa shape index (κ3) is 5.31. The predicted molar refractivity (Wildman–Crippen MR) is 106 cm³/mol. The molecule has 0 aliphatic carbocycles. The van der Waals surface area contributed by atoms with E-state index in [9.17, 15) is 9.90 Å². The number of rotatable bonds is 7. The molecule has 0 saturated heterocycles. The zero-order valence-corrected chi connectivity index (χ0v) is 16.1. The Morgan fingerprint density at radius 1 is 1.04 bits per heavy atom. The van der Waals surface area contributed by atoms with Gasteiger partial charge in [0.05, 0.1) is 5.97 Å². The maximum Gasteiger partial charge on any atom is 0.190 e. The summed E-state index contributed by atoms with van der Waals surface area (Å²) < 4.78 is 0. The molecule has 0 N–H and O–H groups in total. The van der Waals surface area contributed by atoms with E-state index in [0.29, 0.717) is 10.9 Å². The van der Waals surface area contributed by atoms with Crippen molar-refractivity contribution in [2.75, 3.05) is 11.9 Å². The summed E-state index contributed by atoms with van der Waals surface area (Å²) in [6.07, 6.45) is 0. The van der Waals surface area contributed by atoms with Gasteiger partial charge in [-0.05, 0) is 29.7 Å². The molecule has 0 saturated carbocycles. The maximum atomic E-state index is 11.0. The summed E-state index contributed by atoms with van der Waals surface area (Å²) in [5, 5.41) is 11.7. The summed E-state index contributed by atoms with van der Waals surface area (Å²) in [5.74, 6) is 0.280. The second-order valence-electron chi connectivity index (χ2n) is 6.27. The van der Waals surface area contributed by atoms with E-state index in [1.807, 2.05) is 44.3 Å². The molecule has 0 spiro atoms. The molecule has 0 bridgehead atoms. The van der Waals surface area contributed by atoms with Crippen LogP contribution in [0.5, 0.6) is 0 Å². The molecule has 3 rings (SSSR count). The minimum atomic E-state index is -1.17. The first-order valence-corrected chi connectivity index (χ1v) is 9.53. The van der Waals surface area contributed by atoms with Gasteiger partial charge in [0.25, 0.3) is 0 Å².